The SMILES string of the molecule is CC1=CC(C)(C)Nc2ccc(OC(=O)c3cccc(Br)c3)cc21. The average Bonchev–Trinajstić information content (AvgIpc) is 2.47. The molecule has 3 nitrogen and oxygen atoms in total. The number of esters is 1. The Balaban J connectivity index is 1.86. The predicted molar refractivity (Wildman–Crippen MR) is 96.9 cm³/mol. The Hall–Kier alpha value is -2.07. The minimum atomic E-state index is -0.364. The second-order valence-corrected chi connectivity index (χ2v) is 7.20. The molecule has 2 aromatic rings. The average molecular weight is 372 g/mol. The van der Waals surface area contributed by atoms with Crippen LogP contribution in [0.4, 0.5) is 5.69 Å². The summed E-state index contributed by atoms with van der Waals surface area (Å²) in [5.41, 5.74) is 3.72. The van der Waals surface area contributed by atoms with E-state index in [9.17, 15) is 4.79 Å². The minimum absolute atomic E-state index is 0.0778. The highest BCUT2D eigenvalue weighted by Gasteiger charge is 2.23. The highest BCUT2D eigenvalue weighted by atomic mass is 79.9. The van der Waals surface area contributed by atoms with Gasteiger partial charge in [0.2, 0.25) is 0 Å². The number of carbonyl (C=O) groups is 1. The fourth-order valence-corrected chi connectivity index (χ4v) is 3.20. The zero-order valence-corrected chi connectivity index (χ0v) is 14.9. The van der Waals surface area contributed by atoms with Crippen LogP contribution < -0.4 is 10.1 Å². The number of rotatable bonds is 2. The highest BCUT2D eigenvalue weighted by molar-refractivity contribution is 9.10. The lowest BCUT2D eigenvalue weighted by Crippen LogP contribution is -2.31. The Morgan fingerprint density at radius 1 is 1.17 bits per heavy atom. The molecule has 1 aliphatic rings. The third kappa shape index (κ3) is 3.48. The molecule has 0 saturated heterocycles. The molecule has 0 amide bonds. The van der Waals surface area contributed by atoms with E-state index >= 15 is 0 Å². The molecule has 0 radical (unpaired) electrons. The van der Waals surface area contributed by atoms with E-state index in [1.807, 2.05) is 30.3 Å². The second-order valence-electron chi connectivity index (χ2n) is 6.28. The van der Waals surface area contributed by atoms with Crippen LogP contribution in [0.5, 0.6) is 5.75 Å². The number of anilines is 1. The lowest BCUT2D eigenvalue weighted by molar-refractivity contribution is 0.0734. The van der Waals surface area contributed by atoms with Crippen LogP contribution in [0.2, 0.25) is 0 Å². The Labute approximate surface area is 144 Å². The molecular weight excluding hydrogens is 354 g/mol. The molecule has 23 heavy (non-hydrogen) atoms. The van der Waals surface area contributed by atoms with Crippen molar-refractivity contribution in [3.05, 3.63) is 64.1 Å². The number of allylic oxidation sites excluding steroid dienone is 1. The van der Waals surface area contributed by atoms with Crippen molar-refractivity contribution in [3.8, 4) is 5.75 Å². The topological polar surface area (TPSA) is 38.3 Å². The van der Waals surface area contributed by atoms with E-state index in [1.165, 1.54) is 5.57 Å². The summed E-state index contributed by atoms with van der Waals surface area (Å²) in [6.07, 6.45) is 2.18. The van der Waals surface area contributed by atoms with Gasteiger partial charge in [0.1, 0.15) is 5.75 Å². The van der Waals surface area contributed by atoms with E-state index in [1.54, 1.807) is 12.1 Å². The lowest BCUT2D eigenvalue weighted by atomic mass is 9.91. The van der Waals surface area contributed by atoms with Crippen LogP contribution in [0, 0.1) is 0 Å². The van der Waals surface area contributed by atoms with Gasteiger partial charge in [-0.1, -0.05) is 28.1 Å². The van der Waals surface area contributed by atoms with Crippen molar-refractivity contribution >= 4 is 33.2 Å². The number of carbonyl (C=O) groups excluding carboxylic acids is 1. The van der Waals surface area contributed by atoms with E-state index in [2.05, 4.69) is 48.1 Å². The molecule has 1 aliphatic heterocycles. The monoisotopic (exact) mass is 371 g/mol. The summed E-state index contributed by atoms with van der Waals surface area (Å²) in [4.78, 5) is 12.2. The van der Waals surface area contributed by atoms with E-state index < -0.39 is 0 Å². The Kier molecular flexibility index (Phi) is 4.02. The Morgan fingerprint density at radius 3 is 2.70 bits per heavy atom. The quantitative estimate of drug-likeness (QED) is 0.576. The van der Waals surface area contributed by atoms with Gasteiger partial charge in [-0.3, -0.25) is 0 Å². The van der Waals surface area contributed by atoms with E-state index in [0.29, 0.717) is 11.3 Å². The normalized spacial score (nSPS) is 15.2. The number of benzene rings is 2. The maximum Gasteiger partial charge on any atom is 0.343 e. The van der Waals surface area contributed by atoms with Gasteiger partial charge in [-0.25, -0.2) is 4.79 Å². The standard InChI is InChI=1S/C19H18BrNO2/c1-12-11-19(2,3)21-17-8-7-15(10-16(12)17)23-18(22)13-5-4-6-14(20)9-13/h4-11,21H,1-3H3. The Bertz CT molecular complexity index is 809. The summed E-state index contributed by atoms with van der Waals surface area (Å²) in [5, 5.41) is 3.46. The van der Waals surface area contributed by atoms with Crippen LogP contribution >= 0.6 is 15.9 Å². The number of fused-ring (bicyclic) bond motifs is 1. The molecule has 0 saturated carbocycles. The Morgan fingerprint density at radius 2 is 1.96 bits per heavy atom. The summed E-state index contributed by atoms with van der Waals surface area (Å²) >= 11 is 3.36. The molecule has 0 bridgehead atoms. The van der Waals surface area contributed by atoms with Crippen molar-refractivity contribution in [3.63, 3.8) is 0 Å². The van der Waals surface area contributed by atoms with E-state index in [-0.39, 0.29) is 11.5 Å². The summed E-state index contributed by atoms with van der Waals surface area (Å²) in [5.74, 6) is 0.181. The van der Waals surface area contributed by atoms with Crippen molar-refractivity contribution in [2.45, 2.75) is 26.3 Å². The van der Waals surface area contributed by atoms with E-state index in [4.69, 9.17) is 4.74 Å². The molecule has 0 aromatic heterocycles. The predicted octanol–water partition coefficient (Wildman–Crippen LogP) is 5.28. The number of hydrogen-bond acceptors (Lipinski definition) is 3. The van der Waals surface area contributed by atoms with Gasteiger partial charge in [-0.2, -0.15) is 0 Å². The second kappa shape index (κ2) is 5.85. The van der Waals surface area contributed by atoms with Gasteiger partial charge in [-0.05, 0) is 62.7 Å². The number of nitrogens with one attached hydrogen (secondary N) is 1. The van der Waals surface area contributed by atoms with Crippen LogP contribution in [0.3, 0.4) is 0 Å². The molecule has 1 heterocycles. The van der Waals surface area contributed by atoms with Crippen molar-refractivity contribution in [1.29, 1.82) is 0 Å². The zero-order chi connectivity index (χ0) is 16.6. The van der Waals surface area contributed by atoms with Crippen LogP contribution in [0.15, 0.2) is 53.0 Å². The van der Waals surface area contributed by atoms with Gasteiger partial charge >= 0.3 is 5.97 Å². The van der Waals surface area contributed by atoms with Gasteiger partial charge in [0.25, 0.3) is 0 Å². The highest BCUT2D eigenvalue weighted by Crippen LogP contribution is 2.35. The zero-order valence-electron chi connectivity index (χ0n) is 13.3. The first-order chi connectivity index (χ1) is 10.8. The molecule has 0 spiro atoms. The van der Waals surface area contributed by atoms with Crippen LogP contribution in [-0.4, -0.2) is 11.5 Å². The van der Waals surface area contributed by atoms with Gasteiger partial charge < -0.3 is 10.1 Å². The van der Waals surface area contributed by atoms with Gasteiger partial charge in [0, 0.05) is 15.7 Å². The summed E-state index contributed by atoms with van der Waals surface area (Å²) < 4.78 is 6.36. The molecule has 2 aromatic carbocycles. The van der Waals surface area contributed by atoms with Gasteiger partial charge in [-0.15, -0.1) is 0 Å². The largest absolute Gasteiger partial charge is 0.423 e. The molecular formula is C19H18BrNO2. The maximum atomic E-state index is 12.2. The number of halogens is 1. The van der Waals surface area contributed by atoms with E-state index in [0.717, 1.165) is 15.7 Å². The van der Waals surface area contributed by atoms with Crippen LogP contribution in [-0.2, 0) is 0 Å². The molecule has 4 heteroatoms. The lowest BCUT2D eigenvalue weighted by Gasteiger charge is -2.31. The summed E-state index contributed by atoms with van der Waals surface area (Å²) in [6, 6.07) is 12.8. The van der Waals surface area contributed by atoms with Crippen molar-refractivity contribution in [1.82, 2.24) is 0 Å². The molecule has 0 atom stereocenters. The van der Waals surface area contributed by atoms with Crippen molar-refractivity contribution in [2.24, 2.45) is 0 Å². The maximum absolute atomic E-state index is 12.2. The summed E-state index contributed by atoms with van der Waals surface area (Å²) in [6.45, 7) is 6.32. The number of ether oxygens (including phenoxy) is 1. The molecule has 0 aliphatic carbocycles. The number of hydrogen-bond donors (Lipinski definition) is 1. The van der Waals surface area contributed by atoms with Gasteiger partial charge in [0.15, 0.2) is 0 Å². The molecule has 3 rings (SSSR count). The molecule has 1 N–H and O–H groups in total. The van der Waals surface area contributed by atoms with Gasteiger partial charge in [0.05, 0.1) is 11.1 Å². The fourth-order valence-electron chi connectivity index (χ4n) is 2.81. The smallest absolute Gasteiger partial charge is 0.343 e. The molecule has 0 fully saturated rings. The van der Waals surface area contributed by atoms with Crippen molar-refractivity contribution in [2.75, 3.05) is 5.32 Å². The van der Waals surface area contributed by atoms with Crippen LogP contribution in [0.25, 0.3) is 5.57 Å². The van der Waals surface area contributed by atoms with Crippen molar-refractivity contribution < 1.29 is 9.53 Å². The third-order valence-electron chi connectivity index (χ3n) is 3.72. The first kappa shape index (κ1) is 15.8. The molecule has 0 unspecified atom stereocenters. The first-order valence-corrected chi connectivity index (χ1v) is 8.23. The summed E-state index contributed by atoms with van der Waals surface area (Å²) in [7, 11) is 0. The molecule has 118 valence electrons. The minimum Gasteiger partial charge on any atom is -0.423 e. The van der Waals surface area contributed by atoms with Crippen LogP contribution in [0.1, 0.15) is 36.7 Å². The fraction of sp³-hybridized carbons (Fsp3) is 0.211. The first-order valence-electron chi connectivity index (χ1n) is 7.44. The third-order valence-corrected chi connectivity index (χ3v) is 4.21.